The molecule has 0 saturated carbocycles. The van der Waals surface area contributed by atoms with Crippen LogP contribution in [-0.4, -0.2) is 9.55 Å². The maximum Gasteiger partial charge on any atom is 0.114 e. The molecule has 0 bridgehead atoms. The highest BCUT2D eigenvalue weighted by Crippen LogP contribution is 2.31. The lowest BCUT2D eigenvalue weighted by Gasteiger charge is -2.11. The second kappa shape index (κ2) is 8.48. The highest BCUT2D eigenvalue weighted by Gasteiger charge is 2.11. The molecule has 2 nitrogen and oxygen atoms in total. The molecule has 0 fully saturated rings. The van der Waals surface area contributed by atoms with Crippen molar-refractivity contribution in [1.82, 2.24) is 9.55 Å². The van der Waals surface area contributed by atoms with Gasteiger partial charge in [0.25, 0.3) is 0 Å². The highest BCUT2D eigenvalue weighted by molar-refractivity contribution is 6.35. The number of aryl methyl sites for hydroxylation is 1. The molecule has 3 heteroatoms. The van der Waals surface area contributed by atoms with Crippen LogP contribution in [0.3, 0.4) is 0 Å². The van der Waals surface area contributed by atoms with Crippen LogP contribution in [0.1, 0.15) is 12.7 Å². The van der Waals surface area contributed by atoms with Gasteiger partial charge in [0.1, 0.15) is 5.82 Å². The van der Waals surface area contributed by atoms with Gasteiger partial charge in [-0.3, -0.25) is 4.57 Å². The minimum atomic E-state index is 0.787. The Morgan fingerprint density at radius 2 is 1.38 bits per heavy atom. The summed E-state index contributed by atoms with van der Waals surface area (Å²) in [5.41, 5.74) is 8.08. The highest BCUT2D eigenvalue weighted by atomic mass is 35.5. The molecule has 0 radical (unpaired) electrons. The van der Waals surface area contributed by atoms with Crippen molar-refractivity contribution in [2.75, 3.05) is 0 Å². The van der Waals surface area contributed by atoms with Gasteiger partial charge in [-0.1, -0.05) is 85.3 Å². The third-order valence-electron chi connectivity index (χ3n) is 6.43. The van der Waals surface area contributed by atoms with Crippen molar-refractivity contribution in [1.29, 1.82) is 0 Å². The van der Waals surface area contributed by atoms with E-state index >= 15 is 0 Å². The smallest absolute Gasteiger partial charge is 0.114 e. The number of benzene rings is 5. The van der Waals surface area contributed by atoms with Gasteiger partial charge in [0.2, 0.25) is 0 Å². The number of hydrogen-bond donors (Lipinski definition) is 0. The van der Waals surface area contributed by atoms with Crippen LogP contribution in [0.25, 0.3) is 49.7 Å². The lowest BCUT2D eigenvalue weighted by atomic mass is 9.97. The number of nitrogens with zero attached hydrogens (tertiary/aromatic N) is 2. The predicted octanol–water partition coefficient (Wildman–Crippen LogP) is 8.73. The van der Waals surface area contributed by atoms with Gasteiger partial charge in [0.15, 0.2) is 0 Å². The van der Waals surface area contributed by atoms with E-state index in [1.54, 1.807) is 0 Å². The largest absolute Gasteiger partial charge is 0.296 e. The van der Waals surface area contributed by atoms with Gasteiger partial charge >= 0.3 is 0 Å². The summed E-state index contributed by atoms with van der Waals surface area (Å²) in [6.45, 7) is 2.15. The quantitative estimate of drug-likeness (QED) is 0.258. The Balaban J connectivity index is 1.37. The number of fused-ring (bicyclic) bond motifs is 2. The van der Waals surface area contributed by atoms with Crippen LogP contribution >= 0.6 is 11.6 Å². The number of halogens is 1. The molecule has 34 heavy (non-hydrogen) atoms. The van der Waals surface area contributed by atoms with Gasteiger partial charge in [0.05, 0.1) is 11.0 Å². The van der Waals surface area contributed by atoms with Crippen LogP contribution in [0.15, 0.2) is 109 Å². The van der Waals surface area contributed by atoms with Gasteiger partial charge in [-0.2, -0.15) is 0 Å². The fraction of sp³-hybridized carbons (Fsp3) is 0.0645. The first-order valence-corrected chi connectivity index (χ1v) is 11.9. The number of hydrogen-bond acceptors (Lipinski definition) is 1. The third kappa shape index (κ3) is 3.57. The Kier molecular flexibility index (Phi) is 5.16. The van der Waals surface area contributed by atoms with E-state index in [-0.39, 0.29) is 0 Å². The number of imidazole rings is 1. The molecule has 0 unspecified atom stereocenters. The maximum atomic E-state index is 6.36. The van der Waals surface area contributed by atoms with Crippen molar-refractivity contribution in [3.8, 4) is 27.9 Å². The summed E-state index contributed by atoms with van der Waals surface area (Å²) in [6, 6.07) is 38.3. The zero-order valence-corrected chi connectivity index (χ0v) is 19.6. The summed E-state index contributed by atoms with van der Waals surface area (Å²) in [7, 11) is 0. The zero-order valence-electron chi connectivity index (χ0n) is 18.9. The number of rotatable bonds is 4. The van der Waals surface area contributed by atoms with E-state index in [0.29, 0.717) is 0 Å². The molecular weight excluding hydrogens is 436 g/mol. The van der Waals surface area contributed by atoms with Gasteiger partial charge in [0, 0.05) is 22.5 Å². The van der Waals surface area contributed by atoms with E-state index in [1.165, 1.54) is 22.3 Å². The fourth-order valence-corrected chi connectivity index (χ4v) is 4.95. The molecule has 0 amide bonds. The van der Waals surface area contributed by atoms with Crippen molar-refractivity contribution >= 4 is 33.4 Å². The van der Waals surface area contributed by atoms with Crippen molar-refractivity contribution in [2.24, 2.45) is 0 Å². The normalized spacial score (nSPS) is 11.4. The lowest BCUT2D eigenvalue weighted by Crippen LogP contribution is -1.99. The molecule has 0 spiro atoms. The Hall–Kier alpha value is -3.88. The summed E-state index contributed by atoms with van der Waals surface area (Å²) in [5.74, 6) is 1.08. The topological polar surface area (TPSA) is 17.8 Å². The van der Waals surface area contributed by atoms with E-state index in [1.807, 2.05) is 18.2 Å². The molecule has 0 atom stereocenters. The number of aromatic nitrogens is 2. The first-order chi connectivity index (χ1) is 16.7. The molecule has 0 aliphatic heterocycles. The second-order valence-corrected chi connectivity index (χ2v) is 8.92. The fourth-order valence-electron chi connectivity index (χ4n) is 4.71. The summed E-state index contributed by atoms with van der Waals surface area (Å²) in [4.78, 5) is 4.81. The molecule has 1 heterocycles. The van der Waals surface area contributed by atoms with Crippen molar-refractivity contribution in [3.05, 3.63) is 120 Å². The molecule has 0 saturated heterocycles. The van der Waals surface area contributed by atoms with Crippen LogP contribution in [0.4, 0.5) is 0 Å². The van der Waals surface area contributed by atoms with Crippen molar-refractivity contribution in [3.63, 3.8) is 0 Å². The molecule has 0 N–H and O–H groups in total. The Morgan fingerprint density at radius 3 is 2.21 bits per heavy atom. The summed E-state index contributed by atoms with van der Waals surface area (Å²) < 4.78 is 2.26. The maximum absolute atomic E-state index is 6.36. The standard InChI is InChI=1S/C31H23ClN2/c1-2-31-33-29-11-3-4-12-30(29)34(31)26-16-13-21(14-17-26)22-7-5-8-23(19-22)24-15-18-27-25(20-24)9-6-10-28(27)32/h3-20H,2H2,1H3. The first kappa shape index (κ1) is 20.7. The minimum Gasteiger partial charge on any atom is -0.296 e. The Bertz CT molecular complexity index is 1640. The molecular formula is C31H23ClN2. The lowest BCUT2D eigenvalue weighted by molar-refractivity contribution is 0.908. The minimum absolute atomic E-state index is 0.787. The average Bonchev–Trinajstić information content (AvgIpc) is 3.27. The van der Waals surface area contributed by atoms with Gasteiger partial charge in [-0.25, -0.2) is 4.98 Å². The second-order valence-electron chi connectivity index (χ2n) is 8.51. The number of para-hydroxylation sites is 2. The summed E-state index contributed by atoms with van der Waals surface area (Å²) >= 11 is 6.36. The van der Waals surface area contributed by atoms with Gasteiger partial charge < -0.3 is 0 Å². The van der Waals surface area contributed by atoms with Gasteiger partial charge in [-0.05, 0) is 70.1 Å². The summed E-state index contributed by atoms with van der Waals surface area (Å²) in [5, 5.41) is 3.02. The van der Waals surface area contributed by atoms with Crippen LogP contribution in [0.2, 0.25) is 5.02 Å². The van der Waals surface area contributed by atoms with Crippen LogP contribution < -0.4 is 0 Å². The zero-order chi connectivity index (χ0) is 23.1. The molecule has 6 aromatic rings. The molecule has 1 aromatic heterocycles. The molecule has 0 aliphatic rings. The Labute approximate surface area is 204 Å². The molecule has 6 rings (SSSR count). The molecule has 164 valence electrons. The average molecular weight is 459 g/mol. The Morgan fingerprint density at radius 1 is 0.676 bits per heavy atom. The van der Waals surface area contributed by atoms with Crippen LogP contribution in [-0.2, 0) is 6.42 Å². The van der Waals surface area contributed by atoms with E-state index < -0.39 is 0 Å². The van der Waals surface area contributed by atoms with E-state index in [2.05, 4.69) is 102 Å². The monoisotopic (exact) mass is 458 g/mol. The van der Waals surface area contributed by atoms with E-state index in [0.717, 1.165) is 44.8 Å². The summed E-state index contributed by atoms with van der Waals surface area (Å²) in [6.07, 6.45) is 0.884. The van der Waals surface area contributed by atoms with Crippen molar-refractivity contribution in [2.45, 2.75) is 13.3 Å². The van der Waals surface area contributed by atoms with Crippen molar-refractivity contribution < 1.29 is 0 Å². The van der Waals surface area contributed by atoms with Gasteiger partial charge in [-0.15, -0.1) is 0 Å². The first-order valence-electron chi connectivity index (χ1n) is 11.6. The van der Waals surface area contributed by atoms with E-state index in [4.69, 9.17) is 16.6 Å². The SMILES string of the molecule is CCc1nc2ccccc2n1-c1ccc(-c2cccc(-c3ccc4c(Cl)cccc4c3)c2)cc1. The van der Waals surface area contributed by atoms with Crippen LogP contribution in [0, 0.1) is 0 Å². The van der Waals surface area contributed by atoms with E-state index in [9.17, 15) is 0 Å². The third-order valence-corrected chi connectivity index (χ3v) is 6.76. The van der Waals surface area contributed by atoms with Crippen LogP contribution in [0.5, 0.6) is 0 Å². The molecule has 5 aromatic carbocycles. The predicted molar refractivity (Wildman–Crippen MR) is 144 cm³/mol. The molecule has 0 aliphatic carbocycles.